The fraction of sp³-hybridized carbons (Fsp3) is 1.00. The van der Waals surface area contributed by atoms with Gasteiger partial charge in [-0.15, -0.1) is 0 Å². The Kier molecular flexibility index (Phi) is 8.85. The van der Waals surface area contributed by atoms with Crippen LogP contribution in [0.2, 0.25) is 0 Å². The number of unbranched alkanes of at least 4 members (excludes halogenated alkanes) is 5. The van der Waals surface area contributed by atoms with Crippen LogP contribution in [0, 0.1) is 0 Å². The Morgan fingerprint density at radius 1 is 0.500 bits per heavy atom. The molecule has 0 amide bonds. The van der Waals surface area contributed by atoms with Gasteiger partial charge in [0.2, 0.25) is 0 Å². The van der Waals surface area contributed by atoms with Crippen LogP contribution in [0.4, 0.5) is 0 Å². The first-order valence-electron chi connectivity index (χ1n) is 4.08. The highest BCUT2D eigenvalue weighted by atomic mass is 16.3. The van der Waals surface area contributed by atoms with Crippen molar-refractivity contribution in [3.05, 3.63) is 0 Å². The van der Waals surface area contributed by atoms with Gasteiger partial charge in [0.15, 0.2) is 0 Å². The summed E-state index contributed by atoms with van der Waals surface area (Å²) in [6.07, 6.45) is 5.95. The molecular formula is C8H16O2. The molecule has 0 rings (SSSR count). The molecule has 0 unspecified atom stereocenters. The molecule has 0 spiro atoms. The van der Waals surface area contributed by atoms with Gasteiger partial charge in [0, 0.05) is 0 Å². The highest BCUT2D eigenvalue weighted by Crippen LogP contribution is 2.04. The van der Waals surface area contributed by atoms with Crippen molar-refractivity contribution in [3.8, 4) is 0 Å². The lowest BCUT2D eigenvalue weighted by atomic mass is 10.1. The second-order valence-corrected chi connectivity index (χ2v) is 2.53. The Morgan fingerprint density at radius 2 is 0.800 bits per heavy atom. The van der Waals surface area contributed by atoms with Crippen molar-refractivity contribution in [3.63, 3.8) is 0 Å². The topological polar surface area (TPSA) is 39.8 Å². The maximum Gasteiger partial charge on any atom is 0.0822 e. The van der Waals surface area contributed by atoms with Crippen molar-refractivity contribution >= 4 is 0 Å². The Bertz CT molecular complexity index is 47.2. The lowest BCUT2D eigenvalue weighted by molar-refractivity contribution is 0.181. The summed E-state index contributed by atoms with van der Waals surface area (Å²) in [5, 5.41) is 19.9. The summed E-state index contributed by atoms with van der Waals surface area (Å²) >= 11 is 0. The summed E-state index contributed by atoms with van der Waals surface area (Å²) in [6, 6.07) is 0. The molecule has 0 aromatic heterocycles. The minimum atomic E-state index is 0.0571. The summed E-state index contributed by atoms with van der Waals surface area (Å²) in [5.41, 5.74) is 0. The van der Waals surface area contributed by atoms with Gasteiger partial charge in [0.1, 0.15) is 0 Å². The fourth-order valence-electron chi connectivity index (χ4n) is 0.911. The van der Waals surface area contributed by atoms with E-state index in [-0.39, 0.29) is 13.2 Å². The summed E-state index contributed by atoms with van der Waals surface area (Å²) < 4.78 is 0. The molecule has 0 bridgehead atoms. The van der Waals surface area contributed by atoms with Crippen molar-refractivity contribution in [1.29, 1.82) is 0 Å². The van der Waals surface area contributed by atoms with Crippen LogP contribution in [0.1, 0.15) is 38.5 Å². The smallest absolute Gasteiger partial charge is 0.0822 e. The monoisotopic (exact) mass is 144 g/mol. The van der Waals surface area contributed by atoms with Gasteiger partial charge in [-0.2, -0.15) is 0 Å². The molecule has 0 N–H and O–H groups in total. The van der Waals surface area contributed by atoms with E-state index in [2.05, 4.69) is 0 Å². The molecule has 0 aromatic carbocycles. The van der Waals surface area contributed by atoms with Crippen LogP contribution < -0.4 is 0 Å². The van der Waals surface area contributed by atoms with Crippen LogP contribution in [-0.4, -0.2) is 13.2 Å². The standard InChI is InChI=1S/C8H16O2/c9-7-5-3-1-2-4-6-8-10/h1-8H2. The second kappa shape index (κ2) is 8.92. The van der Waals surface area contributed by atoms with Crippen LogP contribution in [0.3, 0.4) is 0 Å². The molecule has 10 heavy (non-hydrogen) atoms. The summed E-state index contributed by atoms with van der Waals surface area (Å²) in [5.74, 6) is 0. The molecule has 0 aliphatic carbocycles. The Hall–Kier alpha value is -0.0800. The van der Waals surface area contributed by atoms with Crippen LogP contribution in [0.5, 0.6) is 0 Å². The lowest BCUT2D eigenvalue weighted by Gasteiger charge is -1.96. The van der Waals surface area contributed by atoms with Gasteiger partial charge < -0.3 is 0 Å². The molecular weight excluding hydrogens is 128 g/mol. The Balaban J connectivity index is 2.65. The van der Waals surface area contributed by atoms with Gasteiger partial charge in [-0.05, 0) is 12.8 Å². The zero-order chi connectivity index (χ0) is 7.66. The molecule has 2 radical (unpaired) electrons. The summed E-state index contributed by atoms with van der Waals surface area (Å²) in [7, 11) is 0. The van der Waals surface area contributed by atoms with Gasteiger partial charge >= 0.3 is 0 Å². The van der Waals surface area contributed by atoms with Crippen molar-refractivity contribution in [2.75, 3.05) is 13.2 Å². The van der Waals surface area contributed by atoms with Crippen molar-refractivity contribution in [2.45, 2.75) is 38.5 Å². The van der Waals surface area contributed by atoms with E-state index in [0.29, 0.717) is 0 Å². The van der Waals surface area contributed by atoms with Crippen LogP contribution in [-0.2, 0) is 10.2 Å². The average molecular weight is 144 g/mol. The first kappa shape index (κ1) is 9.92. The van der Waals surface area contributed by atoms with E-state index in [1.807, 2.05) is 0 Å². The molecule has 2 nitrogen and oxygen atoms in total. The number of hydrogen-bond donors (Lipinski definition) is 0. The summed E-state index contributed by atoms with van der Waals surface area (Å²) in [4.78, 5) is 0. The Morgan fingerprint density at radius 3 is 1.10 bits per heavy atom. The first-order valence-corrected chi connectivity index (χ1v) is 4.08. The molecule has 0 saturated carbocycles. The molecule has 0 heterocycles. The molecule has 60 valence electrons. The van der Waals surface area contributed by atoms with E-state index in [4.69, 9.17) is 0 Å². The van der Waals surface area contributed by atoms with E-state index >= 15 is 0 Å². The van der Waals surface area contributed by atoms with Crippen molar-refractivity contribution < 1.29 is 10.2 Å². The largest absolute Gasteiger partial charge is 0.237 e. The van der Waals surface area contributed by atoms with E-state index in [1.165, 1.54) is 0 Å². The average Bonchev–Trinajstić information content (AvgIpc) is 1.97. The molecule has 2 heteroatoms. The number of rotatable bonds is 7. The molecule has 0 aliphatic rings. The number of hydrogen-bond acceptors (Lipinski definition) is 0. The maximum atomic E-state index is 9.97. The predicted octanol–water partition coefficient (Wildman–Crippen LogP) is 2.19. The normalized spacial score (nSPS) is 10.2. The Labute approximate surface area is 62.9 Å². The van der Waals surface area contributed by atoms with Crippen LogP contribution in [0.15, 0.2) is 0 Å². The van der Waals surface area contributed by atoms with E-state index in [1.54, 1.807) is 0 Å². The van der Waals surface area contributed by atoms with Crippen LogP contribution in [0.25, 0.3) is 0 Å². The molecule has 0 atom stereocenters. The van der Waals surface area contributed by atoms with Gasteiger partial charge in [-0.3, -0.25) is 0 Å². The highest BCUT2D eigenvalue weighted by Gasteiger charge is 1.89. The minimum absolute atomic E-state index is 0.0571. The van der Waals surface area contributed by atoms with Crippen LogP contribution >= 0.6 is 0 Å². The zero-order valence-electron chi connectivity index (χ0n) is 6.47. The SMILES string of the molecule is [O]CCCCCCCC[O]. The van der Waals surface area contributed by atoms with E-state index in [9.17, 15) is 10.2 Å². The molecule has 0 aliphatic heterocycles. The third kappa shape index (κ3) is 7.92. The zero-order valence-corrected chi connectivity index (χ0v) is 6.47. The quantitative estimate of drug-likeness (QED) is 0.491. The summed E-state index contributed by atoms with van der Waals surface area (Å²) in [6.45, 7) is 0.114. The fourth-order valence-corrected chi connectivity index (χ4v) is 0.911. The van der Waals surface area contributed by atoms with Gasteiger partial charge in [0.05, 0.1) is 13.2 Å². The minimum Gasteiger partial charge on any atom is -0.237 e. The van der Waals surface area contributed by atoms with Gasteiger partial charge in [0.25, 0.3) is 0 Å². The lowest BCUT2D eigenvalue weighted by Crippen LogP contribution is -1.84. The maximum absolute atomic E-state index is 9.97. The van der Waals surface area contributed by atoms with E-state index < -0.39 is 0 Å². The molecule has 0 aromatic rings. The highest BCUT2D eigenvalue weighted by molar-refractivity contribution is 4.43. The van der Waals surface area contributed by atoms with Gasteiger partial charge in [-0.25, -0.2) is 10.2 Å². The second-order valence-electron chi connectivity index (χ2n) is 2.53. The molecule has 0 fully saturated rings. The third-order valence-electron chi connectivity index (χ3n) is 1.54. The third-order valence-corrected chi connectivity index (χ3v) is 1.54. The van der Waals surface area contributed by atoms with E-state index in [0.717, 1.165) is 38.5 Å². The van der Waals surface area contributed by atoms with Gasteiger partial charge in [-0.1, -0.05) is 25.7 Å². The van der Waals surface area contributed by atoms with Crippen molar-refractivity contribution in [1.82, 2.24) is 0 Å². The molecule has 0 saturated heterocycles. The predicted molar refractivity (Wildman–Crippen MR) is 38.8 cm³/mol. The first-order chi connectivity index (χ1) is 4.91. The van der Waals surface area contributed by atoms with Crippen molar-refractivity contribution in [2.24, 2.45) is 0 Å².